The Morgan fingerprint density at radius 3 is 2.52 bits per heavy atom. The molecule has 1 amide bonds. The number of carbonyl (C=O) groups excluding carboxylic acids is 1. The summed E-state index contributed by atoms with van der Waals surface area (Å²) < 4.78 is 48.9. The first-order chi connectivity index (χ1) is 15.6. The highest BCUT2D eigenvalue weighted by atomic mass is 35.5. The molecule has 33 heavy (non-hydrogen) atoms. The number of amides is 1. The number of nitrogens with zero attached hydrogens (tertiary/aromatic N) is 5. The molecule has 1 aliphatic rings. The van der Waals surface area contributed by atoms with Gasteiger partial charge < -0.3 is 19.3 Å². The fourth-order valence-corrected chi connectivity index (χ4v) is 3.16. The van der Waals surface area contributed by atoms with Crippen LogP contribution in [0.2, 0.25) is 5.02 Å². The van der Waals surface area contributed by atoms with Gasteiger partial charge in [-0.05, 0) is 6.92 Å². The van der Waals surface area contributed by atoms with E-state index in [2.05, 4.69) is 20.2 Å². The van der Waals surface area contributed by atoms with Crippen molar-refractivity contribution in [2.24, 2.45) is 0 Å². The highest BCUT2D eigenvalue weighted by Crippen LogP contribution is 2.28. The molecule has 3 heterocycles. The second kappa shape index (κ2) is 10.8. The molecule has 3 rings (SSSR count). The topological polar surface area (TPSA) is 114 Å². The van der Waals surface area contributed by atoms with Crippen LogP contribution in [0.4, 0.5) is 19.1 Å². The Morgan fingerprint density at radius 1 is 1.21 bits per heavy atom. The van der Waals surface area contributed by atoms with Gasteiger partial charge in [-0.1, -0.05) is 11.6 Å². The minimum absolute atomic E-state index is 0.0991. The highest BCUT2D eigenvalue weighted by Gasteiger charge is 2.32. The van der Waals surface area contributed by atoms with Crippen molar-refractivity contribution in [1.82, 2.24) is 25.1 Å². The summed E-state index contributed by atoms with van der Waals surface area (Å²) >= 11 is 5.83. The monoisotopic (exact) mass is 490 g/mol. The second-order valence-corrected chi connectivity index (χ2v) is 7.64. The molecule has 10 nitrogen and oxygen atoms in total. The van der Waals surface area contributed by atoms with Gasteiger partial charge in [0.15, 0.2) is 10.8 Å². The molecular weight excluding hydrogens is 469 g/mol. The Kier molecular flexibility index (Phi) is 8.08. The zero-order valence-corrected chi connectivity index (χ0v) is 18.4. The summed E-state index contributed by atoms with van der Waals surface area (Å²) in [6, 6.07) is 0. The number of ether oxygens (including phenoxy) is 2. The maximum atomic E-state index is 12.6. The third-order valence-electron chi connectivity index (χ3n) is 4.84. The lowest BCUT2D eigenvalue weighted by atomic mass is 10.3. The Labute approximate surface area is 191 Å². The zero-order chi connectivity index (χ0) is 24.0. The molecule has 0 bridgehead atoms. The van der Waals surface area contributed by atoms with E-state index in [9.17, 15) is 22.8 Å². The van der Waals surface area contributed by atoms with Crippen molar-refractivity contribution < 1.29 is 27.4 Å². The summed E-state index contributed by atoms with van der Waals surface area (Å²) in [6.07, 6.45) is -1.89. The average molecular weight is 491 g/mol. The van der Waals surface area contributed by atoms with E-state index >= 15 is 0 Å². The molecule has 1 fully saturated rings. The summed E-state index contributed by atoms with van der Waals surface area (Å²) in [4.78, 5) is 34.8. The molecule has 1 N–H and O–H groups in total. The van der Waals surface area contributed by atoms with Gasteiger partial charge in [0.2, 0.25) is 11.9 Å². The predicted octanol–water partition coefficient (Wildman–Crippen LogP) is 1.75. The summed E-state index contributed by atoms with van der Waals surface area (Å²) in [6.45, 7) is 3.66. The number of hydrogen-bond donors (Lipinski definition) is 1. The van der Waals surface area contributed by atoms with Crippen LogP contribution >= 0.6 is 11.6 Å². The lowest BCUT2D eigenvalue weighted by Gasteiger charge is -2.34. The van der Waals surface area contributed by atoms with Crippen molar-refractivity contribution in [3.8, 4) is 5.75 Å². The minimum atomic E-state index is -4.49. The highest BCUT2D eigenvalue weighted by molar-refractivity contribution is 6.31. The number of aromatic amines is 1. The molecule has 0 unspecified atom stereocenters. The van der Waals surface area contributed by atoms with Crippen LogP contribution in [0.3, 0.4) is 0 Å². The van der Waals surface area contributed by atoms with Gasteiger partial charge in [0.05, 0.1) is 30.9 Å². The number of alkyl halides is 3. The molecule has 1 atom stereocenters. The number of aromatic nitrogens is 4. The quantitative estimate of drug-likeness (QED) is 0.595. The minimum Gasteiger partial charge on any atom is -0.487 e. The normalized spacial score (nSPS) is 15.4. The molecule has 180 valence electrons. The van der Waals surface area contributed by atoms with E-state index in [1.54, 1.807) is 16.7 Å². The fraction of sp³-hybridized carbons (Fsp3) is 0.526. The molecule has 2 aromatic heterocycles. The first-order valence-corrected chi connectivity index (χ1v) is 10.4. The van der Waals surface area contributed by atoms with Crippen molar-refractivity contribution in [3.63, 3.8) is 0 Å². The molecule has 1 aliphatic heterocycles. The van der Waals surface area contributed by atoms with Crippen molar-refractivity contribution in [3.05, 3.63) is 39.5 Å². The van der Waals surface area contributed by atoms with E-state index in [0.717, 1.165) is 12.4 Å². The van der Waals surface area contributed by atoms with Crippen LogP contribution in [-0.4, -0.2) is 76.5 Å². The lowest BCUT2D eigenvalue weighted by Crippen LogP contribution is -2.49. The number of H-pyrrole nitrogens is 1. The molecule has 0 aromatic carbocycles. The fourth-order valence-electron chi connectivity index (χ4n) is 3.02. The molecule has 14 heteroatoms. The molecule has 1 saturated heterocycles. The van der Waals surface area contributed by atoms with E-state index in [1.807, 2.05) is 0 Å². The van der Waals surface area contributed by atoms with Crippen molar-refractivity contribution in [2.75, 3.05) is 44.3 Å². The third-order valence-corrected chi connectivity index (χ3v) is 5.19. The maximum absolute atomic E-state index is 12.6. The molecule has 2 aromatic rings. The maximum Gasteiger partial charge on any atom is 0.419 e. The van der Waals surface area contributed by atoms with Crippen LogP contribution in [0.15, 0.2) is 23.4 Å². The van der Waals surface area contributed by atoms with E-state index in [0.29, 0.717) is 26.2 Å². The van der Waals surface area contributed by atoms with Crippen LogP contribution in [0.25, 0.3) is 0 Å². The van der Waals surface area contributed by atoms with Gasteiger partial charge in [-0.15, -0.1) is 0 Å². The number of rotatable bonds is 8. The van der Waals surface area contributed by atoms with Crippen LogP contribution in [0.1, 0.15) is 18.9 Å². The number of carbonyl (C=O) groups is 1. The first kappa shape index (κ1) is 24.7. The van der Waals surface area contributed by atoms with Crippen LogP contribution in [0.5, 0.6) is 5.75 Å². The number of hydrogen-bond acceptors (Lipinski definition) is 8. The number of anilines is 1. The summed E-state index contributed by atoms with van der Waals surface area (Å²) in [5.41, 5.74) is -1.46. The zero-order valence-electron chi connectivity index (χ0n) is 17.6. The lowest BCUT2D eigenvalue weighted by molar-refractivity contribution is -0.138. The molecule has 0 spiro atoms. The number of halogens is 4. The van der Waals surface area contributed by atoms with E-state index in [-0.39, 0.29) is 48.4 Å². The van der Waals surface area contributed by atoms with E-state index in [4.69, 9.17) is 21.1 Å². The SMILES string of the molecule is C[C@H](COc1cn[nH]c(=O)c1Cl)OCCC(=O)N1CCN(c2ncc(C(F)(F)F)cn2)CC1. The molecule has 0 aliphatic carbocycles. The van der Waals surface area contributed by atoms with Gasteiger partial charge in [-0.3, -0.25) is 9.59 Å². The summed E-state index contributed by atoms with van der Waals surface area (Å²) in [5, 5.41) is 5.68. The van der Waals surface area contributed by atoms with Gasteiger partial charge in [0.25, 0.3) is 5.56 Å². The Balaban J connectivity index is 1.37. The van der Waals surface area contributed by atoms with Crippen molar-refractivity contribution in [2.45, 2.75) is 25.6 Å². The molecular formula is C19H22ClF3N6O4. The van der Waals surface area contributed by atoms with Gasteiger partial charge in [0.1, 0.15) is 6.61 Å². The third kappa shape index (κ3) is 6.78. The van der Waals surface area contributed by atoms with Crippen molar-refractivity contribution in [1.29, 1.82) is 0 Å². The Morgan fingerprint density at radius 2 is 1.88 bits per heavy atom. The van der Waals surface area contributed by atoms with Crippen LogP contribution < -0.4 is 15.2 Å². The van der Waals surface area contributed by atoms with Crippen LogP contribution in [-0.2, 0) is 15.7 Å². The number of nitrogens with one attached hydrogen (secondary N) is 1. The first-order valence-electron chi connectivity index (χ1n) is 10.0. The van der Waals surface area contributed by atoms with E-state index in [1.165, 1.54) is 6.20 Å². The van der Waals surface area contributed by atoms with Crippen molar-refractivity contribution >= 4 is 23.5 Å². The summed E-state index contributed by atoms with van der Waals surface area (Å²) in [5.74, 6) is 0.239. The Hall–Kier alpha value is -2.93. The number of piperazine rings is 1. The van der Waals surface area contributed by atoms with Gasteiger partial charge in [-0.25, -0.2) is 15.1 Å². The Bertz CT molecular complexity index is 996. The van der Waals surface area contributed by atoms with Gasteiger partial charge in [0, 0.05) is 38.6 Å². The predicted molar refractivity (Wildman–Crippen MR) is 111 cm³/mol. The van der Waals surface area contributed by atoms with Gasteiger partial charge >= 0.3 is 6.18 Å². The smallest absolute Gasteiger partial charge is 0.419 e. The molecule has 0 saturated carbocycles. The van der Waals surface area contributed by atoms with Gasteiger partial charge in [-0.2, -0.15) is 18.3 Å². The summed E-state index contributed by atoms with van der Waals surface area (Å²) in [7, 11) is 0. The standard InChI is InChI=1S/C19H22ClF3N6O4/c1-12(11-33-14-10-26-27-17(31)16(14)20)32-7-2-15(30)28-3-5-29(6-4-28)18-24-8-13(9-25-18)19(21,22)23/h8-10,12H,2-7,11H2,1H3,(H,27,31)/t12-/m1/s1. The van der Waals surface area contributed by atoms with Crippen LogP contribution in [0, 0.1) is 0 Å². The largest absolute Gasteiger partial charge is 0.487 e. The van der Waals surface area contributed by atoms with E-state index < -0.39 is 17.3 Å². The molecule has 0 radical (unpaired) electrons. The second-order valence-electron chi connectivity index (χ2n) is 7.26. The average Bonchev–Trinajstić information content (AvgIpc) is 2.79.